The predicted molar refractivity (Wildman–Crippen MR) is 113 cm³/mol. The molecule has 0 radical (unpaired) electrons. The molecule has 1 aromatic carbocycles. The number of hydrogen-bond donors (Lipinski definition) is 0. The summed E-state index contributed by atoms with van der Waals surface area (Å²) in [5, 5.41) is 0. The van der Waals surface area contributed by atoms with Crippen molar-refractivity contribution in [2.75, 3.05) is 11.9 Å². The molecule has 2 rings (SSSR count). The van der Waals surface area contributed by atoms with E-state index in [1.165, 1.54) is 33.8 Å². The molecule has 1 amide bonds. The van der Waals surface area contributed by atoms with Crippen molar-refractivity contribution >= 4 is 17.9 Å². The maximum Gasteiger partial charge on any atom is 0.250 e. The lowest BCUT2D eigenvalue weighted by molar-refractivity contribution is -0.114. The second kappa shape index (κ2) is 7.91. The molecule has 3 nitrogen and oxygen atoms in total. The summed E-state index contributed by atoms with van der Waals surface area (Å²) < 4.78 is 0. The van der Waals surface area contributed by atoms with E-state index in [0.717, 1.165) is 12.1 Å². The fraction of sp³-hybridized carbons (Fsp3) is 0.333. The van der Waals surface area contributed by atoms with E-state index in [1.807, 2.05) is 18.2 Å². The van der Waals surface area contributed by atoms with Gasteiger partial charge in [0.1, 0.15) is 6.29 Å². The third kappa shape index (κ3) is 3.87. The van der Waals surface area contributed by atoms with Crippen molar-refractivity contribution in [1.29, 1.82) is 0 Å². The quantitative estimate of drug-likeness (QED) is 0.536. The fourth-order valence-corrected chi connectivity index (χ4v) is 4.31. The molecule has 0 heterocycles. The van der Waals surface area contributed by atoms with E-state index in [1.54, 1.807) is 7.05 Å². The van der Waals surface area contributed by atoms with Gasteiger partial charge in [-0.2, -0.15) is 0 Å². The van der Waals surface area contributed by atoms with E-state index < -0.39 is 0 Å². The molecule has 3 heteroatoms. The number of hydrogen-bond acceptors (Lipinski definition) is 2. The van der Waals surface area contributed by atoms with E-state index in [0.29, 0.717) is 6.29 Å². The van der Waals surface area contributed by atoms with Crippen molar-refractivity contribution in [2.24, 2.45) is 5.41 Å². The Morgan fingerprint density at radius 1 is 1.15 bits per heavy atom. The number of carbonyl (C=O) groups is 2. The first-order chi connectivity index (χ1) is 12.7. The highest BCUT2D eigenvalue weighted by Crippen LogP contribution is 2.57. The average Bonchev–Trinajstić information content (AvgIpc) is 2.85. The minimum absolute atomic E-state index is 0.0653. The van der Waals surface area contributed by atoms with Gasteiger partial charge < -0.3 is 4.90 Å². The SMILES string of the molecule is C=CC=C1/C(=C\C)C(C)(c2ccc(N(C)C(=O)/C=C\C=O)cc2)CC1(C)C. The number of aldehydes is 1. The largest absolute Gasteiger partial charge is 0.312 e. The van der Waals surface area contributed by atoms with Crippen molar-refractivity contribution in [3.8, 4) is 0 Å². The highest BCUT2D eigenvalue weighted by molar-refractivity contribution is 6.02. The highest BCUT2D eigenvalue weighted by Gasteiger charge is 2.47. The summed E-state index contributed by atoms with van der Waals surface area (Å²) in [4.78, 5) is 24.0. The van der Waals surface area contributed by atoms with Crippen LogP contribution in [0.4, 0.5) is 5.69 Å². The third-order valence-corrected chi connectivity index (χ3v) is 5.52. The molecule has 1 aliphatic carbocycles. The summed E-state index contributed by atoms with van der Waals surface area (Å²) in [5.74, 6) is -0.228. The zero-order valence-electron chi connectivity index (χ0n) is 17.0. The number of anilines is 1. The smallest absolute Gasteiger partial charge is 0.250 e. The molecule has 1 saturated carbocycles. The van der Waals surface area contributed by atoms with Gasteiger partial charge in [0.25, 0.3) is 5.91 Å². The zero-order valence-corrected chi connectivity index (χ0v) is 17.0. The Bertz CT molecular complexity index is 824. The average molecular weight is 364 g/mol. The molecule has 1 unspecified atom stereocenters. The van der Waals surface area contributed by atoms with Gasteiger partial charge in [-0.3, -0.25) is 9.59 Å². The molecule has 1 aliphatic rings. The number of likely N-dealkylation sites (N-methyl/N-ethyl adjacent to an activating group) is 1. The molecule has 1 atom stereocenters. The summed E-state index contributed by atoms with van der Waals surface area (Å²) in [5.41, 5.74) is 4.66. The Hall–Kier alpha value is -2.68. The maximum atomic E-state index is 12.1. The van der Waals surface area contributed by atoms with E-state index in [2.05, 4.69) is 58.6 Å². The van der Waals surface area contributed by atoms with Crippen LogP contribution in [0.25, 0.3) is 0 Å². The van der Waals surface area contributed by atoms with Crippen molar-refractivity contribution < 1.29 is 9.59 Å². The lowest BCUT2D eigenvalue weighted by Crippen LogP contribution is -2.25. The normalized spacial score (nSPS) is 24.5. The summed E-state index contributed by atoms with van der Waals surface area (Å²) in [7, 11) is 1.70. The minimum atomic E-state index is -0.228. The van der Waals surface area contributed by atoms with Crippen LogP contribution in [-0.4, -0.2) is 19.2 Å². The van der Waals surface area contributed by atoms with E-state index in [-0.39, 0.29) is 16.7 Å². The summed E-state index contributed by atoms with van der Waals surface area (Å²) in [6.07, 6.45) is 10.3. The van der Waals surface area contributed by atoms with Crippen LogP contribution in [-0.2, 0) is 15.0 Å². The standard InChI is InChI=1S/C24H29NO2/c1-7-10-21-20(8-2)24(5,17-23(21,3)4)18-12-14-19(15-13-18)25(6)22(27)11-9-16-26/h7-16H,1,17H2,2-6H3/b11-9-,20-8+,21-10?. The molecule has 0 saturated heterocycles. The number of allylic oxidation sites excluding steroid dienone is 6. The molecule has 0 spiro atoms. The van der Waals surface area contributed by atoms with Crippen LogP contribution in [0.3, 0.4) is 0 Å². The molecule has 0 N–H and O–H groups in total. The Balaban J connectivity index is 2.40. The monoisotopic (exact) mass is 363 g/mol. The molecule has 0 bridgehead atoms. The Labute approximate surface area is 162 Å². The fourth-order valence-electron chi connectivity index (χ4n) is 4.31. The van der Waals surface area contributed by atoms with Gasteiger partial charge in [0.2, 0.25) is 0 Å². The second-order valence-corrected chi connectivity index (χ2v) is 7.85. The molecule has 1 aromatic rings. The summed E-state index contributed by atoms with van der Waals surface area (Å²) in [6, 6.07) is 8.11. The molecule has 1 fully saturated rings. The Morgan fingerprint density at radius 2 is 1.78 bits per heavy atom. The number of benzene rings is 1. The van der Waals surface area contributed by atoms with Crippen LogP contribution in [0, 0.1) is 5.41 Å². The van der Waals surface area contributed by atoms with Crippen molar-refractivity contribution in [1.82, 2.24) is 0 Å². The topological polar surface area (TPSA) is 37.4 Å². The summed E-state index contributed by atoms with van der Waals surface area (Å²) in [6.45, 7) is 12.8. The van der Waals surface area contributed by atoms with Gasteiger partial charge in [-0.15, -0.1) is 0 Å². The molecular formula is C24H29NO2. The van der Waals surface area contributed by atoms with Crippen LogP contribution in [0.1, 0.15) is 39.7 Å². The van der Waals surface area contributed by atoms with Gasteiger partial charge >= 0.3 is 0 Å². The molecule has 142 valence electrons. The van der Waals surface area contributed by atoms with Crippen molar-refractivity contribution in [3.05, 3.63) is 77.9 Å². The Kier molecular flexibility index (Phi) is 6.04. The van der Waals surface area contributed by atoms with E-state index in [4.69, 9.17) is 0 Å². The zero-order chi connectivity index (χ0) is 20.2. The van der Waals surface area contributed by atoms with Crippen molar-refractivity contribution in [2.45, 2.75) is 39.5 Å². The lowest BCUT2D eigenvalue weighted by Gasteiger charge is -2.28. The van der Waals surface area contributed by atoms with Gasteiger partial charge in [0, 0.05) is 24.2 Å². The van der Waals surface area contributed by atoms with E-state index >= 15 is 0 Å². The summed E-state index contributed by atoms with van der Waals surface area (Å²) >= 11 is 0. The van der Waals surface area contributed by atoms with Crippen LogP contribution >= 0.6 is 0 Å². The molecule has 0 aliphatic heterocycles. The maximum absolute atomic E-state index is 12.1. The molecule has 27 heavy (non-hydrogen) atoms. The number of carbonyl (C=O) groups excluding carboxylic acids is 2. The minimum Gasteiger partial charge on any atom is -0.312 e. The van der Waals surface area contributed by atoms with E-state index in [9.17, 15) is 9.59 Å². The van der Waals surface area contributed by atoms with Gasteiger partial charge in [-0.25, -0.2) is 0 Å². The van der Waals surface area contributed by atoms with Crippen LogP contribution in [0.15, 0.2) is 72.4 Å². The van der Waals surface area contributed by atoms with Crippen LogP contribution in [0.2, 0.25) is 0 Å². The van der Waals surface area contributed by atoms with Crippen LogP contribution < -0.4 is 4.90 Å². The number of rotatable bonds is 5. The molecular weight excluding hydrogens is 334 g/mol. The van der Waals surface area contributed by atoms with Gasteiger partial charge in [0.05, 0.1) is 0 Å². The van der Waals surface area contributed by atoms with Crippen LogP contribution in [0.5, 0.6) is 0 Å². The van der Waals surface area contributed by atoms with Gasteiger partial charge in [0.15, 0.2) is 0 Å². The first kappa shape index (κ1) is 20.6. The first-order valence-electron chi connectivity index (χ1n) is 9.21. The number of amides is 1. The first-order valence-corrected chi connectivity index (χ1v) is 9.21. The Morgan fingerprint density at radius 3 is 2.30 bits per heavy atom. The lowest BCUT2D eigenvalue weighted by atomic mass is 9.76. The molecule has 0 aromatic heterocycles. The second-order valence-electron chi connectivity index (χ2n) is 7.85. The van der Waals surface area contributed by atoms with Crippen molar-refractivity contribution in [3.63, 3.8) is 0 Å². The third-order valence-electron chi connectivity index (χ3n) is 5.52. The van der Waals surface area contributed by atoms with Gasteiger partial charge in [-0.1, -0.05) is 57.7 Å². The van der Waals surface area contributed by atoms with Gasteiger partial charge in [-0.05, 0) is 53.7 Å². The number of nitrogens with zero attached hydrogens (tertiary/aromatic N) is 1. The predicted octanol–water partition coefficient (Wildman–Crippen LogP) is 5.15. The highest BCUT2D eigenvalue weighted by atomic mass is 16.2.